The maximum atomic E-state index is 10.8. The first-order chi connectivity index (χ1) is 7.89. The molecule has 3 nitrogen and oxygen atoms in total. The maximum absolute atomic E-state index is 10.8. The van der Waals surface area contributed by atoms with Crippen molar-refractivity contribution >= 4 is 5.97 Å². The molecule has 1 unspecified atom stereocenters. The number of carbonyl (C=O) groups is 1. The van der Waals surface area contributed by atoms with Crippen molar-refractivity contribution in [2.45, 2.75) is 32.4 Å². The van der Waals surface area contributed by atoms with Crippen LogP contribution in [0.1, 0.15) is 42.0 Å². The second-order valence-corrected chi connectivity index (χ2v) is 2.01. The molecular formula is C8H15NaO3. The fourth-order valence-corrected chi connectivity index (χ4v) is 0.631. The zero-order valence-corrected chi connectivity index (χ0v) is 8.96. The van der Waals surface area contributed by atoms with Gasteiger partial charge < -0.3 is 15.0 Å². The zero-order chi connectivity index (χ0) is 14.8. The van der Waals surface area contributed by atoms with Crippen LogP contribution in [0.2, 0.25) is 0 Å². The molecule has 0 radical (unpaired) electrons. The van der Waals surface area contributed by atoms with Gasteiger partial charge in [-0.1, -0.05) is 13.2 Å². The third kappa shape index (κ3) is 7.10. The number of carboxylic acids is 1. The fourth-order valence-electron chi connectivity index (χ4n) is 0.631. The van der Waals surface area contributed by atoms with Crippen LogP contribution in [0.4, 0.5) is 0 Å². The molecule has 4 heteroatoms. The maximum Gasteiger partial charge on any atom is 1.00 e. The SMILES string of the molecule is [2H]C([2H])([2H])C([2H])([2H])C([2H])([2H])C(CCCO)C(=O)[O-].[Na+]. The van der Waals surface area contributed by atoms with Crippen LogP contribution >= 0.6 is 0 Å². The van der Waals surface area contributed by atoms with Crippen molar-refractivity contribution in [3.05, 3.63) is 0 Å². The van der Waals surface area contributed by atoms with Gasteiger partial charge in [0, 0.05) is 22.2 Å². The van der Waals surface area contributed by atoms with Crippen LogP contribution in [0.15, 0.2) is 0 Å². The van der Waals surface area contributed by atoms with E-state index in [0.29, 0.717) is 0 Å². The van der Waals surface area contributed by atoms with Crippen molar-refractivity contribution in [1.29, 1.82) is 0 Å². The van der Waals surface area contributed by atoms with Gasteiger partial charge in [0.15, 0.2) is 0 Å². The molecule has 0 heterocycles. The Morgan fingerprint density at radius 1 is 1.83 bits per heavy atom. The van der Waals surface area contributed by atoms with Crippen LogP contribution in [0.25, 0.3) is 0 Å². The summed E-state index contributed by atoms with van der Waals surface area (Å²) in [5, 5.41) is 19.4. The molecule has 0 aromatic rings. The first kappa shape index (κ1) is 5.35. The summed E-state index contributed by atoms with van der Waals surface area (Å²) >= 11 is 0. The Morgan fingerprint density at radius 3 is 2.92 bits per heavy atom. The quantitative estimate of drug-likeness (QED) is 0.451. The second-order valence-electron chi connectivity index (χ2n) is 2.01. The summed E-state index contributed by atoms with van der Waals surface area (Å²) in [4.78, 5) is 10.8. The molecule has 0 saturated carbocycles. The average Bonchev–Trinajstić information content (AvgIpc) is 2.15. The molecule has 12 heavy (non-hydrogen) atoms. The van der Waals surface area contributed by atoms with E-state index >= 15 is 0 Å². The van der Waals surface area contributed by atoms with E-state index in [0.717, 1.165) is 0 Å². The van der Waals surface area contributed by atoms with Gasteiger partial charge in [0.05, 0.1) is 0 Å². The molecule has 1 N–H and O–H groups in total. The van der Waals surface area contributed by atoms with Crippen molar-refractivity contribution in [1.82, 2.24) is 0 Å². The van der Waals surface area contributed by atoms with Gasteiger partial charge in [-0.05, 0) is 25.1 Å². The Hall–Kier alpha value is 0.430. The smallest absolute Gasteiger partial charge is 0.550 e. The van der Waals surface area contributed by atoms with Gasteiger partial charge in [0.2, 0.25) is 0 Å². The summed E-state index contributed by atoms with van der Waals surface area (Å²) in [6.07, 6.45) is -6.96. The van der Waals surface area contributed by atoms with Gasteiger partial charge in [0.25, 0.3) is 0 Å². The first-order valence-electron chi connectivity index (χ1n) is 6.71. The largest absolute Gasteiger partial charge is 1.00 e. The predicted molar refractivity (Wildman–Crippen MR) is 39.7 cm³/mol. The van der Waals surface area contributed by atoms with Crippen LogP contribution in [0.5, 0.6) is 0 Å². The third-order valence-electron chi connectivity index (χ3n) is 1.18. The molecule has 0 bridgehead atoms. The van der Waals surface area contributed by atoms with E-state index in [9.17, 15) is 9.90 Å². The van der Waals surface area contributed by atoms with E-state index in [1.807, 2.05) is 0 Å². The zero-order valence-electron chi connectivity index (χ0n) is 14.0. The van der Waals surface area contributed by atoms with Crippen molar-refractivity contribution in [3.8, 4) is 0 Å². The molecule has 0 aliphatic carbocycles. The minimum absolute atomic E-state index is 0. The fraction of sp³-hybridized carbons (Fsp3) is 0.875. The molecule has 0 saturated heterocycles. The molecule has 0 aromatic carbocycles. The molecule has 0 aliphatic rings. The number of carbonyl (C=O) groups excluding carboxylic acids is 1. The van der Waals surface area contributed by atoms with E-state index in [1.165, 1.54) is 0 Å². The molecule has 0 aliphatic heterocycles. The average molecular weight is 189 g/mol. The number of carboxylic acid groups (broad SMARTS) is 1. The Labute approximate surface area is 105 Å². The minimum Gasteiger partial charge on any atom is -0.550 e. The number of aliphatic hydroxyl groups excluding tert-OH is 1. The molecule has 1 atom stereocenters. The molecule has 66 valence electrons. The molecule has 0 fully saturated rings. The van der Waals surface area contributed by atoms with Crippen LogP contribution in [0, 0.1) is 5.92 Å². The Morgan fingerprint density at radius 2 is 2.50 bits per heavy atom. The predicted octanol–water partition coefficient (Wildman–Crippen LogP) is -3.07. The Balaban J connectivity index is 0. The third-order valence-corrected chi connectivity index (χ3v) is 1.18. The molecule has 0 rings (SSSR count). The van der Waals surface area contributed by atoms with E-state index in [-0.39, 0.29) is 36.0 Å². The number of hydrogen-bond acceptors (Lipinski definition) is 3. The second kappa shape index (κ2) is 9.52. The topological polar surface area (TPSA) is 60.4 Å². The van der Waals surface area contributed by atoms with Gasteiger partial charge in [-0.3, -0.25) is 0 Å². The van der Waals surface area contributed by atoms with E-state index < -0.39 is 44.5 Å². The number of hydrogen-bond donors (Lipinski definition) is 1. The standard InChI is InChI=1S/C8H16O3.Na/c1-2-4-7(8(10)11)5-3-6-9;/h7,9H,2-6H2,1H3,(H,10,11);/q;+1/p-1/i1D3,2D2,4D2;. The van der Waals surface area contributed by atoms with Gasteiger partial charge >= 0.3 is 29.6 Å². The van der Waals surface area contributed by atoms with Gasteiger partial charge in [0.1, 0.15) is 0 Å². The first-order valence-corrected chi connectivity index (χ1v) is 3.21. The van der Waals surface area contributed by atoms with Crippen LogP contribution in [0.3, 0.4) is 0 Å². The number of rotatable bonds is 6. The van der Waals surface area contributed by atoms with Gasteiger partial charge in [-0.2, -0.15) is 0 Å². The van der Waals surface area contributed by atoms with E-state index in [2.05, 4.69) is 0 Å². The van der Waals surface area contributed by atoms with Gasteiger partial charge in [-0.25, -0.2) is 0 Å². The van der Waals surface area contributed by atoms with E-state index in [1.54, 1.807) is 0 Å². The summed E-state index contributed by atoms with van der Waals surface area (Å²) in [6.45, 7) is -3.71. The summed E-state index contributed by atoms with van der Waals surface area (Å²) in [5.74, 6) is -3.82. The molecule has 0 aromatic heterocycles. The van der Waals surface area contributed by atoms with E-state index in [4.69, 9.17) is 14.7 Å². The number of aliphatic carboxylic acids is 1. The van der Waals surface area contributed by atoms with Crippen molar-refractivity contribution in [2.24, 2.45) is 5.92 Å². The summed E-state index contributed by atoms with van der Waals surface area (Å²) in [6, 6.07) is 0. The van der Waals surface area contributed by atoms with Crippen molar-refractivity contribution in [2.75, 3.05) is 6.61 Å². The van der Waals surface area contributed by atoms with Crippen LogP contribution in [-0.4, -0.2) is 17.7 Å². The van der Waals surface area contributed by atoms with Crippen LogP contribution in [-0.2, 0) is 4.79 Å². The number of aliphatic hydroxyl groups is 1. The molecule has 0 spiro atoms. The van der Waals surface area contributed by atoms with Crippen LogP contribution < -0.4 is 34.7 Å². The summed E-state index contributed by atoms with van der Waals surface area (Å²) in [7, 11) is 0. The summed E-state index contributed by atoms with van der Waals surface area (Å²) in [5.41, 5.74) is 0. The molecular weight excluding hydrogens is 167 g/mol. The monoisotopic (exact) mass is 189 g/mol. The minimum atomic E-state index is -3.33. The van der Waals surface area contributed by atoms with Crippen molar-refractivity contribution in [3.63, 3.8) is 0 Å². The normalized spacial score (nSPS) is 23.9. The Bertz CT molecular complexity index is 305. The van der Waals surface area contributed by atoms with Crippen molar-refractivity contribution < 1.29 is 54.2 Å². The van der Waals surface area contributed by atoms with Gasteiger partial charge in [-0.15, -0.1) is 0 Å². The summed E-state index contributed by atoms with van der Waals surface area (Å²) < 4.78 is 50.5. The Kier molecular flexibility index (Phi) is 4.24. The molecule has 0 amide bonds.